The van der Waals surface area contributed by atoms with Gasteiger partial charge in [-0.05, 0) is 12.8 Å². The first-order valence-electron chi connectivity index (χ1n) is 3.32. The maximum absolute atomic E-state index is 10.7. The lowest BCUT2D eigenvalue weighted by molar-refractivity contribution is -0.120. The molecule has 0 saturated heterocycles. The van der Waals surface area contributed by atoms with Crippen LogP contribution in [0.5, 0.6) is 0 Å². The number of hydrogen-bond acceptors (Lipinski definition) is 1. The van der Waals surface area contributed by atoms with Crippen LogP contribution in [0.1, 0.15) is 26.2 Å². The third kappa shape index (κ3) is 1.56. The van der Waals surface area contributed by atoms with Gasteiger partial charge in [0.15, 0.2) is 0 Å². The molecule has 0 fully saturated rings. The maximum Gasteiger partial charge on any atom is 0.224 e. The van der Waals surface area contributed by atoms with E-state index >= 15 is 0 Å². The van der Waals surface area contributed by atoms with Crippen molar-refractivity contribution in [1.29, 1.82) is 0 Å². The normalized spacial score (nSPS) is 18.8. The van der Waals surface area contributed by atoms with Crippen molar-refractivity contribution in [3.8, 4) is 0 Å². The second kappa shape index (κ2) is 2.67. The molecule has 50 valence electrons. The molecule has 2 nitrogen and oxygen atoms in total. The van der Waals surface area contributed by atoms with Crippen LogP contribution in [0.15, 0.2) is 11.8 Å². The van der Waals surface area contributed by atoms with Gasteiger partial charge in [-0.2, -0.15) is 0 Å². The Labute approximate surface area is 54.9 Å². The van der Waals surface area contributed by atoms with Crippen LogP contribution in [-0.2, 0) is 4.79 Å². The van der Waals surface area contributed by atoms with Gasteiger partial charge in [0.05, 0.1) is 0 Å². The molecule has 1 heterocycles. The van der Waals surface area contributed by atoms with Gasteiger partial charge in [0.25, 0.3) is 0 Å². The smallest absolute Gasteiger partial charge is 0.224 e. The molecule has 0 radical (unpaired) electrons. The highest BCUT2D eigenvalue weighted by Gasteiger charge is 2.06. The molecule has 1 aliphatic rings. The molecule has 1 rings (SSSR count). The van der Waals surface area contributed by atoms with Crippen LogP contribution < -0.4 is 5.32 Å². The lowest BCUT2D eigenvalue weighted by Gasteiger charge is -2.11. The summed E-state index contributed by atoms with van der Waals surface area (Å²) in [5.41, 5.74) is 1.08. The number of allylic oxidation sites excluding steroid dienone is 2. The van der Waals surface area contributed by atoms with Crippen LogP contribution in [-0.4, -0.2) is 5.91 Å². The Morgan fingerprint density at radius 1 is 1.78 bits per heavy atom. The molecule has 0 bridgehead atoms. The molecule has 0 spiro atoms. The van der Waals surface area contributed by atoms with E-state index in [2.05, 4.69) is 11.4 Å². The van der Waals surface area contributed by atoms with Gasteiger partial charge >= 0.3 is 0 Å². The molecular weight excluding hydrogens is 114 g/mol. The van der Waals surface area contributed by atoms with Gasteiger partial charge in [-0.3, -0.25) is 4.79 Å². The first kappa shape index (κ1) is 6.33. The summed E-state index contributed by atoms with van der Waals surface area (Å²) in [6.45, 7) is 2.04. The van der Waals surface area contributed by atoms with E-state index in [1.165, 1.54) is 0 Å². The molecule has 0 aromatic heterocycles. The van der Waals surface area contributed by atoms with E-state index in [4.69, 9.17) is 0 Å². The zero-order valence-electron chi connectivity index (χ0n) is 5.61. The molecule has 0 unspecified atom stereocenters. The van der Waals surface area contributed by atoms with Crippen molar-refractivity contribution in [2.75, 3.05) is 0 Å². The summed E-state index contributed by atoms with van der Waals surface area (Å²) in [6.07, 6.45) is 4.59. The zero-order chi connectivity index (χ0) is 6.69. The predicted octanol–water partition coefficient (Wildman–Crippen LogP) is 1.19. The van der Waals surface area contributed by atoms with Crippen LogP contribution >= 0.6 is 0 Å². The third-order valence-corrected chi connectivity index (χ3v) is 1.44. The van der Waals surface area contributed by atoms with Gasteiger partial charge in [0, 0.05) is 12.1 Å². The fourth-order valence-corrected chi connectivity index (χ4v) is 0.903. The van der Waals surface area contributed by atoms with Crippen molar-refractivity contribution < 1.29 is 4.79 Å². The van der Waals surface area contributed by atoms with E-state index in [9.17, 15) is 4.79 Å². The molecule has 2 heteroatoms. The third-order valence-electron chi connectivity index (χ3n) is 1.44. The van der Waals surface area contributed by atoms with Gasteiger partial charge < -0.3 is 5.32 Å². The molecule has 1 aliphatic heterocycles. The molecule has 0 saturated carbocycles. The Kier molecular flexibility index (Phi) is 1.88. The highest BCUT2D eigenvalue weighted by molar-refractivity contribution is 5.78. The summed E-state index contributed by atoms with van der Waals surface area (Å²) in [6, 6.07) is 0. The minimum Gasteiger partial charge on any atom is -0.330 e. The number of amides is 1. The minimum atomic E-state index is 0.161. The first-order chi connectivity index (χ1) is 4.33. The molecule has 0 aliphatic carbocycles. The second-order valence-corrected chi connectivity index (χ2v) is 2.17. The van der Waals surface area contributed by atoms with E-state index < -0.39 is 0 Å². The predicted molar refractivity (Wildman–Crippen MR) is 35.8 cm³/mol. The van der Waals surface area contributed by atoms with Crippen LogP contribution in [0.2, 0.25) is 0 Å². The zero-order valence-corrected chi connectivity index (χ0v) is 5.61. The molecule has 0 aromatic carbocycles. The Hall–Kier alpha value is -0.790. The minimum absolute atomic E-state index is 0.161. The number of nitrogens with one attached hydrogen (secondary N) is 1. The molecule has 1 amide bonds. The van der Waals surface area contributed by atoms with Crippen molar-refractivity contribution in [2.45, 2.75) is 26.2 Å². The fraction of sp³-hybridized carbons (Fsp3) is 0.571. The van der Waals surface area contributed by atoms with Crippen molar-refractivity contribution in [3.05, 3.63) is 11.8 Å². The number of carbonyl (C=O) groups is 1. The fourth-order valence-electron chi connectivity index (χ4n) is 0.903. The van der Waals surface area contributed by atoms with Crippen LogP contribution in [0.25, 0.3) is 0 Å². The molecule has 9 heavy (non-hydrogen) atoms. The summed E-state index contributed by atoms with van der Waals surface area (Å²) >= 11 is 0. The number of rotatable bonds is 1. The lowest BCUT2D eigenvalue weighted by Crippen LogP contribution is -2.24. The summed E-state index contributed by atoms with van der Waals surface area (Å²) in [5, 5.41) is 2.79. The summed E-state index contributed by atoms with van der Waals surface area (Å²) in [7, 11) is 0. The maximum atomic E-state index is 10.7. The van der Waals surface area contributed by atoms with E-state index in [0.717, 1.165) is 18.5 Å². The summed E-state index contributed by atoms with van der Waals surface area (Å²) in [4.78, 5) is 10.7. The van der Waals surface area contributed by atoms with Crippen LogP contribution in [0, 0.1) is 0 Å². The Bertz CT molecular complexity index is 149. The monoisotopic (exact) mass is 125 g/mol. The SMILES string of the molecule is CCC1=CCCC(=O)N1. The summed E-state index contributed by atoms with van der Waals surface area (Å²) in [5.74, 6) is 0.161. The largest absolute Gasteiger partial charge is 0.330 e. The van der Waals surface area contributed by atoms with Crippen LogP contribution in [0.3, 0.4) is 0 Å². The van der Waals surface area contributed by atoms with Gasteiger partial charge in [-0.1, -0.05) is 13.0 Å². The summed E-state index contributed by atoms with van der Waals surface area (Å²) < 4.78 is 0. The highest BCUT2D eigenvalue weighted by Crippen LogP contribution is 2.06. The molecule has 0 aromatic rings. The van der Waals surface area contributed by atoms with E-state index in [0.29, 0.717) is 6.42 Å². The average molecular weight is 125 g/mol. The molecule has 0 atom stereocenters. The van der Waals surface area contributed by atoms with E-state index in [1.807, 2.05) is 6.92 Å². The number of hydrogen-bond donors (Lipinski definition) is 1. The van der Waals surface area contributed by atoms with E-state index in [1.54, 1.807) is 0 Å². The van der Waals surface area contributed by atoms with Gasteiger partial charge in [-0.25, -0.2) is 0 Å². The van der Waals surface area contributed by atoms with Crippen molar-refractivity contribution >= 4 is 5.91 Å². The van der Waals surface area contributed by atoms with Crippen molar-refractivity contribution in [1.82, 2.24) is 5.32 Å². The van der Waals surface area contributed by atoms with Crippen molar-refractivity contribution in [3.63, 3.8) is 0 Å². The lowest BCUT2D eigenvalue weighted by atomic mass is 10.1. The number of carbonyl (C=O) groups excluding carboxylic acids is 1. The van der Waals surface area contributed by atoms with Crippen molar-refractivity contribution in [2.24, 2.45) is 0 Å². The Balaban J connectivity index is 2.53. The molecule has 1 N–H and O–H groups in total. The molecular formula is C7H11NO. The average Bonchev–Trinajstić information content (AvgIpc) is 1.88. The second-order valence-electron chi connectivity index (χ2n) is 2.17. The Morgan fingerprint density at radius 2 is 2.56 bits per heavy atom. The Morgan fingerprint density at radius 3 is 3.00 bits per heavy atom. The first-order valence-corrected chi connectivity index (χ1v) is 3.32. The topological polar surface area (TPSA) is 29.1 Å². The van der Waals surface area contributed by atoms with E-state index in [-0.39, 0.29) is 5.91 Å². The van der Waals surface area contributed by atoms with Crippen LogP contribution in [0.4, 0.5) is 0 Å². The van der Waals surface area contributed by atoms with Gasteiger partial charge in [-0.15, -0.1) is 0 Å². The van der Waals surface area contributed by atoms with Gasteiger partial charge in [0.1, 0.15) is 0 Å². The highest BCUT2D eigenvalue weighted by atomic mass is 16.1. The van der Waals surface area contributed by atoms with Gasteiger partial charge in [0.2, 0.25) is 5.91 Å². The standard InChI is InChI=1S/C7H11NO/c1-2-6-4-3-5-7(9)8-6/h4H,2-3,5H2,1H3,(H,8,9). The quantitative estimate of drug-likeness (QED) is 0.560.